The second kappa shape index (κ2) is 3.35. The van der Waals surface area contributed by atoms with Crippen LogP contribution in [0.1, 0.15) is 26.7 Å². The lowest BCUT2D eigenvalue weighted by atomic mass is 9.74. The molecule has 1 aliphatic heterocycles. The van der Waals surface area contributed by atoms with Crippen molar-refractivity contribution in [2.24, 2.45) is 5.41 Å². The van der Waals surface area contributed by atoms with Gasteiger partial charge in [-0.3, -0.25) is 4.79 Å². The van der Waals surface area contributed by atoms with Crippen LogP contribution in [0.3, 0.4) is 0 Å². The topological polar surface area (TPSA) is 26.3 Å². The van der Waals surface area contributed by atoms with Gasteiger partial charge in [-0.15, -0.1) is 0 Å². The van der Waals surface area contributed by atoms with Gasteiger partial charge in [-0.1, -0.05) is 19.9 Å². The van der Waals surface area contributed by atoms with E-state index in [0.29, 0.717) is 0 Å². The standard InChI is InChI=1S/C12H16O2/c1-12(2)5-6-14-11-4-3-9(8-13)7-10(11)12/h3,7-8,11H,4-6H2,1-2H3. The van der Waals surface area contributed by atoms with Gasteiger partial charge in [-0.05, 0) is 29.9 Å². The van der Waals surface area contributed by atoms with Crippen molar-refractivity contribution in [2.75, 3.05) is 6.61 Å². The van der Waals surface area contributed by atoms with E-state index < -0.39 is 0 Å². The summed E-state index contributed by atoms with van der Waals surface area (Å²) >= 11 is 0. The van der Waals surface area contributed by atoms with Gasteiger partial charge in [0.25, 0.3) is 0 Å². The Hall–Kier alpha value is -0.890. The van der Waals surface area contributed by atoms with Crippen LogP contribution in [0.15, 0.2) is 23.3 Å². The third-order valence-corrected chi connectivity index (χ3v) is 3.20. The fourth-order valence-electron chi connectivity index (χ4n) is 2.17. The number of hydrogen-bond acceptors (Lipinski definition) is 2. The maximum absolute atomic E-state index is 10.7. The first-order valence-electron chi connectivity index (χ1n) is 5.12. The maximum Gasteiger partial charge on any atom is 0.149 e. The molecular formula is C12H16O2. The van der Waals surface area contributed by atoms with Crippen LogP contribution in [0, 0.1) is 5.41 Å². The summed E-state index contributed by atoms with van der Waals surface area (Å²) in [6.07, 6.45) is 6.99. The minimum absolute atomic E-state index is 0.186. The van der Waals surface area contributed by atoms with Gasteiger partial charge >= 0.3 is 0 Å². The summed E-state index contributed by atoms with van der Waals surface area (Å²) < 4.78 is 5.68. The first kappa shape index (κ1) is 9.66. The van der Waals surface area contributed by atoms with Crippen LogP contribution in [0.2, 0.25) is 0 Å². The largest absolute Gasteiger partial charge is 0.373 e. The molecule has 14 heavy (non-hydrogen) atoms. The first-order chi connectivity index (χ1) is 6.63. The van der Waals surface area contributed by atoms with Gasteiger partial charge in [0, 0.05) is 12.2 Å². The molecule has 1 atom stereocenters. The van der Waals surface area contributed by atoms with E-state index in [0.717, 1.165) is 31.3 Å². The average Bonchev–Trinajstić information content (AvgIpc) is 2.17. The molecule has 0 aromatic carbocycles. The maximum atomic E-state index is 10.7. The normalized spacial score (nSPS) is 30.0. The molecule has 0 radical (unpaired) electrons. The first-order valence-corrected chi connectivity index (χ1v) is 5.12. The lowest BCUT2D eigenvalue weighted by Crippen LogP contribution is -2.35. The second-order valence-electron chi connectivity index (χ2n) is 4.65. The summed E-state index contributed by atoms with van der Waals surface area (Å²) in [7, 11) is 0. The van der Waals surface area contributed by atoms with Gasteiger partial charge in [0.15, 0.2) is 0 Å². The lowest BCUT2D eigenvalue weighted by molar-refractivity contribution is -0.104. The summed E-state index contributed by atoms with van der Waals surface area (Å²) in [6.45, 7) is 5.28. The number of aldehydes is 1. The number of carbonyl (C=O) groups excluding carboxylic acids is 1. The van der Waals surface area contributed by atoms with Crippen LogP contribution < -0.4 is 0 Å². The smallest absolute Gasteiger partial charge is 0.149 e. The number of rotatable bonds is 1. The van der Waals surface area contributed by atoms with Gasteiger partial charge < -0.3 is 4.74 Å². The highest BCUT2D eigenvalue weighted by Gasteiger charge is 2.35. The summed E-state index contributed by atoms with van der Waals surface area (Å²) in [5, 5.41) is 0. The van der Waals surface area contributed by atoms with Crippen molar-refractivity contribution in [1.82, 2.24) is 0 Å². The highest BCUT2D eigenvalue weighted by atomic mass is 16.5. The van der Waals surface area contributed by atoms with Crippen molar-refractivity contribution in [3.05, 3.63) is 23.3 Å². The van der Waals surface area contributed by atoms with Crippen molar-refractivity contribution in [1.29, 1.82) is 0 Å². The van der Waals surface area contributed by atoms with E-state index in [-0.39, 0.29) is 11.5 Å². The Morgan fingerprint density at radius 1 is 1.57 bits per heavy atom. The van der Waals surface area contributed by atoms with E-state index in [1.807, 2.05) is 12.2 Å². The van der Waals surface area contributed by atoms with Crippen molar-refractivity contribution < 1.29 is 9.53 Å². The Kier molecular flexibility index (Phi) is 2.31. The van der Waals surface area contributed by atoms with E-state index in [1.165, 1.54) is 5.57 Å². The van der Waals surface area contributed by atoms with Gasteiger partial charge in [0.1, 0.15) is 6.29 Å². The molecule has 2 nitrogen and oxygen atoms in total. The second-order valence-corrected chi connectivity index (χ2v) is 4.65. The minimum Gasteiger partial charge on any atom is -0.373 e. The Labute approximate surface area is 84.6 Å². The molecule has 2 heteroatoms. The van der Waals surface area contributed by atoms with Crippen molar-refractivity contribution in [3.8, 4) is 0 Å². The number of fused-ring (bicyclic) bond motifs is 1. The zero-order chi connectivity index (χ0) is 10.2. The predicted octanol–water partition coefficient (Wildman–Crippen LogP) is 2.26. The molecule has 0 saturated carbocycles. The molecular weight excluding hydrogens is 176 g/mol. The monoisotopic (exact) mass is 192 g/mol. The zero-order valence-corrected chi connectivity index (χ0v) is 8.75. The SMILES string of the molecule is CC1(C)CCOC2CC=C(C=O)C=C21. The molecule has 0 amide bonds. The molecule has 0 N–H and O–H groups in total. The molecule has 1 aliphatic carbocycles. The number of carbonyl (C=O) groups is 1. The van der Waals surface area contributed by atoms with E-state index >= 15 is 0 Å². The summed E-state index contributed by atoms with van der Waals surface area (Å²) in [4.78, 5) is 10.7. The molecule has 0 bridgehead atoms. The molecule has 1 fully saturated rings. The van der Waals surface area contributed by atoms with Gasteiger partial charge in [-0.2, -0.15) is 0 Å². The van der Waals surface area contributed by atoms with Crippen LogP contribution in [0.4, 0.5) is 0 Å². The molecule has 0 aromatic heterocycles. The highest BCUT2D eigenvalue weighted by Crippen LogP contribution is 2.41. The Morgan fingerprint density at radius 3 is 3.07 bits per heavy atom. The Balaban J connectivity index is 2.33. The molecule has 0 aromatic rings. The van der Waals surface area contributed by atoms with Gasteiger partial charge in [0.05, 0.1) is 6.10 Å². The van der Waals surface area contributed by atoms with Crippen molar-refractivity contribution in [2.45, 2.75) is 32.8 Å². The average molecular weight is 192 g/mol. The number of ether oxygens (including phenoxy) is 1. The van der Waals surface area contributed by atoms with E-state index in [4.69, 9.17) is 4.74 Å². The van der Waals surface area contributed by atoms with E-state index in [2.05, 4.69) is 13.8 Å². The van der Waals surface area contributed by atoms with Crippen molar-refractivity contribution >= 4 is 6.29 Å². The third kappa shape index (κ3) is 1.55. The third-order valence-electron chi connectivity index (χ3n) is 3.20. The van der Waals surface area contributed by atoms with E-state index in [1.54, 1.807) is 0 Å². The highest BCUT2D eigenvalue weighted by molar-refractivity contribution is 5.78. The Bertz CT molecular complexity index is 310. The number of allylic oxidation sites excluding steroid dienone is 2. The lowest BCUT2D eigenvalue weighted by Gasteiger charge is -2.40. The molecule has 76 valence electrons. The van der Waals surface area contributed by atoms with Crippen LogP contribution in [-0.2, 0) is 9.53 Å². The minimum atomic E-state index is 0.186. The van der Waals surface area contributed by atoms with E-state index in [9.17, 15) is 4.79 Å². The molecule has 2 aliphatic rings. The predicted molar refractivity (Wildman–Crippen MR) is 55.0 cm³/mol. The summed E-state index contributed by atoms with van der Waals surface area (Å²) in [6, 6.07) is 0. The summed E-state index contributed by atoms with van der Waals surface area (Å²) in [5.74, 6) is 0. The van der Waals surface area contributed by atoms with Crippen LogP contribution in [-0.4, -0.2) is 19.0 Å². The molecule has 1 saturated heterocycles. The Morgan fingerprint density at radius 2 is 2.36 bits per heavy atom. The molecule has 1 heterocycles. The van der Waals surface area contributed by atoms with Gasteiger partial charge in [0.2, 0.25) is 0 Å². The van der Waals surface area contributed by atoms with Crippen molar-refractivity contribution in [3.63, 3.8) is 0 Å². The van der Waals surface area contributed by atoms with Crippen LogP contribution >= 0.6 is 0 Å². The number of hydrogen-bond donors (Lipinski definition) is 0. The van der Waals surface area contributed by atoms with Crippen LogP contribution in [0.5, 0.6) is 0 Å². The quantitative estimate of drug-likeness (QED) is 0.596. The zero-order valence-electron chi connectivity index (χ0n) is 8.75. The fourth-order valence-corrected chi connectivity index (χ4v) is 2.17. The molecule has 2 rings (SSSR count). The van der Waals surface area contributed by atoms with Crippen LogP contribution in [0.25, 0.3) is 0 Å². The molecule has 1 unspecified atom stereocenters. The summed E-state index contributed by atoms with van der Waals surface area (Å²) in [5.41, 5.74) is 2.27. The fraction of sp³-hybridized carbons (Fsp3) is 0.583. The van der Waals surface area contributed by atoms with Gasteiger partial charge in [-0.25, -0.2) is 0 Å². The molecule has 0 spiro atoms.